The van der Waals surface area contributed by atoms with Crippen molar-refractivity contribution in [1.29, 1.82) is 0 Å². The van der Waals surface area contributed by atoms with E-state index in [1.54, 1.807) is 0 Å². The summed E-state index contributed by atoms with van der Waals surface area (Å²) in [6.45, 7) is -0.0406. The van der Waals surface area contributed by atoms with Gasteiger partial charge in [-0.2, -0.15) is 0 Å². The highest BCUT2D eigenvalue weighted by atomic mass is 32.2. The van der Waals surface area contributed by atoms with Gasteiger partial charge in [-0.05, 0) is 42.0 Å². The number of carbonyl (C=O) groups excluding carboxylic acids is 2. The number of benzene rings is 2. The minimum Gasteiger partial charge on any atom is -0.351 e. The number of hydrogen-bond donors (Lipinski definition) is 3. The number of sulfone groups is 1. The smallest absolute Gasteiger partial charge is 0.239 e. The molecule has 0 fully saturated rings. The zero-order valence-corrected chi connectivity index (χ0v) is 16.6. The summed E-state index contributed by atoms with van der Waals surface area (Å²) in [4.78, 5) is 23.6. The number of amides is 2. The van der Waals surface area contributed by atoms with Crippen molar-refractivity contribution in [3.05, 3.63) is 59.9 Å². The Kier molecular flexibility index (Phi) is 7.06. The first-order valence-corrected chi connectivity index (χ1v) is 11.5. The molecule has 0 saturated carbocycles. The molecule has 2 amide bonds. The van der Waals surface area contributed by atoms with Crippen LogP contribution in [0.25, 0.3) is 0 Å². The van der Waals surface area contributed by atoms with Gasteiger partial charge in [0.25, 0.3) is 0 Å². The summed E-state index contributed by atoms with van der Waals surface area (Å²) in [5.74, 6) is -4.01. The number of rotatable bonds is 8. The van der Waals surface area contributed by atoms with Crippen molar-refractivity contribution in [3.63, 3.8) is 0 Å². The molecule has 0 aliphatic rings. The maximum absolute atomic E-state index is 12.8. The Morgan fingerprint density at radius 3 is 1.97 bits per heavy atom. The molecular formula is C17H18FN3O6S2. The number of anilines is 1. The number of primary sulfonamides is 1. The van der Waals surface area contributed by atoms with Crippen LogP contribution in [0.4, 0.5) is 10.1 Å². The first kappa shape index (κ1) is 22.5. The van der Waals surface area contributed by atoms with Gasteiger partial charge in [-0.15, -0.1) is 0 Å². The van der Waals surface area contributed by atoms with Gasteiger partial charge in [0.1, 0.15) is 17.3 Å². The molecule has 0 saturated heterocycles. The van der Waals surface area contributed by atoms with Crippen molar-refractivity contribution >= 4 is 37.4 Å². The Balaban J connectivity index is 1.85. The number of nitrogens with two attached hydrogens (primary N) is 1. The second kappa shape index (κ2) is 9.11. The molecule has 0 heterocycles. The lowest BCUT2D eigenvalue weighted by Gasteiger charge is -2.08. The Morgan fingerprint density at radius 2 is 1.41 bits per heavy atom. The molecule has 0 aliphatic carbocycles. The maximum atomic E-state index is 12.8. The first-order chi connectivity index (χ1) is 13.4. The second-order valence-electron chi connectivity index (χ2n) is 6.05. The standard InChI is InChI=1S/C17H18FN3O6S2/c18-13-3-5-14(6-4-13)21-17(23)11-28(24,25)10-16(22)20-9-12-1-7-15(8-2-12)29(19,26)27/h1-8H,9-11H2,(H,20,22)(H,21,23)(H2,19,26,27). The number of hydrogen-bond acceptors (Lipinski definition) is 6. The van der Waals surface area contributed by atoms with Gasteiger partial charge in [0, 0.05) is 12.2 Å². The van der Waals surface area contributed by atoms with Crippen molar-refractivity contribution in [1.82, 2.24) is 5.32 Å². The van der Waals surface area contributed by atoms with E-state index in [0.29, 0.717) is 5.56 Å². The Hall–Kier alpha value is -2.83. The molecule has 4 N–H and O–H groups in total. The number of nitrogens with one attached hydrogen (secondary N) is 2. The van der Waals surface area contributed by atoms with Crippen LogP contribution in [0.2, 0.25) is 0 Å². The molecule has 12 heteroatoms. The molecule has 2 aromatic carbocycles. The van der Waals surface area contributed by atoms with Crippen LogP contribution >= 0.6 is 0 Å². The SMILES string of the molecule is NS(=O)(=O)c1ccc(CNC(=O)CS(=O)(=O)CC(=O)Nc2ccc(F)cc2)cc1. The van der Waals surface area contributed by atoms with Crippen molar-refractivity contribution in [2.24, 2.45) is 5.14 Å². The fourth-order valence-corrected chi connectivity index (χ4v) is 3.82. The van der Waals surface area contributed by atoms with E-state index in [-0.39, 0.29) is 17.1 Å². The molecular weight excluding hydrogens is 425 g/mol. The first-order valence-electron chi connectivity index (χ1n) is 8.09. The molecule has 29 heavy (non-hydrogen) atoms. The fourth-order valence-electron chi connectivity index (χ4n) is 2.23. The van der Waals surface area contributed by atoms with Gasteiger partial charge >= 0.3 is 0 Å². The second-order valence-corrected chi connectivity index (χ2v) is 9.68. The summed E-state index contributed by atoms with van der Waals surface area (Å²) in [5, 5.41) is 9.65. The highest BCUT2D eigenvalue weighted by molar-refractivity contribution is 7.92. The molecule has 0 unspecified atom stereocenters. The molecule has 0 bridgehead atoms. The van der Waals surface area contributed by atoms with E-state index >= 15 is 0 Å². The van der Waals surface area contributed by atoms with E-state index in [0.717, 1.165) is 12.1 Å². The van der Waals surface area contributed by atoms with E-state index in [9.17, 15) is 30.8 Å². The predicted molar refractivity (Wildman–Crippen MR) is 103 cm³/mol. The third-order valence-corrected chi connectivity index (χ3v) is 5.90. The molecule has 0 aliphatic heterocycles. The molecule has 0 aromatic heterocycles. The number of halogens is 1. The molecule has 0 atom stereocenters. The van der Waals surface area contributed by atoms with Crippen LogP contribution in [0.5, 0.6) is 0 Å². The third kappa shape index (κ3) is 7.60. The summed E-state index contributed by atoms with van der Waals surface area (Å²) in [6.07, 6.45) is 0. The molecule has 2 aromatic rings. The molecule has 0 spiro atoms. The fraction of sp³-hybridized carbons (Fsp3) is 0.176. The highest BCUT2D eigenvalue weighted by Crippen LogP contribution is 2.09. The van der Waals surface area contributed by atoms with Crippen molar-refractivity contribution < 1.29 is 30.8 Å². The van der Waals surface area contributed by atoms with Crippen LogP contribution in [0.15, 0.2) is 53.4 Å². The number of sulfonamides is 1. The van der Waals surface area contributed by atoms with Gasteiger partial charge in [-0.1, -0.05) is 12.1 Å². The summed E-state index contributed by atoms with van der Waals surface area (Å²) in [5.41, 5.74) is 0.746. The minimum absolute atomic E-state index is 0.0406. The van der Waals surface area contributed by atoms with Gasteiger partial charge in [0.05, 0.1) is 4.90 Å². The lowest BCUT2D eigenvalue weighted by molar-refractivity contribution is -0.118. The third-order valence-electron chi connectivity index (χ3n) is 3.57. The largest absolute Gasteiger partial charge is 0.351 e. The molecule has 0 radical (unpaired) electrons. The average molecular weight is 443 g/mol. The Labute approximate surface area is 167 Å². The van der Waals surface area contributed by atoms with E-state index in [2.05, 4.69) is 10.6 Å². The van der Waals surface area contributed by atoms with Gasteiger partial charge in [0.15, 0.2) is 9.84 Å². The lowest BCUT2D eigenvalue weighted by atomic mass is 10.2. The zero-order valence-electron chi connectivity index (χ0n) is 15.0. The van der Waals surface area contributed by atoms with Crippen LogP contribution in [0.1, 0.15) is 5.56 Å². The van der Waals surface area contributed by atoms with E-state index in [1.165, 1.54) is 36.4 Å². The van der Waals surface area contributed by atoms with Crippen LogP contribution in [-0.4, -0.2) is 40.2 Å². The summed E-state index contributed by atoms with van der Waals surface area (Å²) < 4.78 is 59.2. The summed E-state index contributed by atoms with van der Waals surface area (Å²) in [7, 11) is -7.87. The lowest BCUT2D eigenvalue weighted by Crippen LogP contribution is -2.33. The summed E-state index contributed by atoms with van der Waals surface area (Å²) in [6, 6.07) is 10.1. The Bertz CT molecular complexity index is 1100. The monoisotopic (exact) mass is 443 g/mol. The molecule has 156 valence electrons. The predicted octanol–water partition coefficient (Wildman–Crippen LogP) is 0.143. The van der Waals surface area contributed by atoms with Crippen LogP contribution in [0, 0.1) is 5.82 Å². The van der Waals surface area contributed by atoms with E-state index in [1.807, 2.05) is 0 Å². The van der Waals surface area contributed by atoms with Gasteiger partial charge in [-0.25, -0.2) is 26.4 Å². The van der Waals surface area contributed by atoms with Crippen LogP contribution in [0.3, 0.4) is 0 Å². The molecule has 9 nitrogen and oxygen atoms in total. The van der Waals surface area contributed by atoms with E-state index < -0.39 is 49.0 Å². The maximum Gasteiger partial charge on any atom is 0.239 e. The highest BCUT2D eigenvalue weighted by Gasteiger charge is 2.21. The van der Waals surface area contributed by atoms with Crippen molar-refractivity contribution in [2.45, 2.75) is 11.4 Å². The van der Waals surface area contributed by atoms with Crippen molar-refractivity contribution in [2.75, 3.05) is 16.8 Å². The van der Waals surface area contributed by atoms with Gasteiger partial charge in [0.2, 0.25) is 21.8 Å². The normalized spacial score (nSPS) is 11.7. The quantitative estimate of drug-likeness (QED) is 0.528. The van der Waals surface area contributed by atoms with Gasteiger partial charge in [-0.3, -0.25) is 9.59 Å². The summed E-state index contributed by atoms with van der Waals surface area (Å²) >= 11 is 0. The average Bonchev–Trinajstić information content (AvgIpc) is 2.60. The van der Waals surface area contributed by atoms with Crippen molar-refractivity contribution in [3.8, 4) is 0 Å². The number of carbonyl (C=O) groups is 2. The van der Waals surface area contributed by atoms with Gasteiger partial charge < -0.3 is 10.6 Å². The minimum atomic E-state index is -4.03. The van der Waals surface area contributed by atoms with E-state index in [4.69, 9.17) is 5.14 Å². The topological polar surface area (TPSA) is 152 Å². The molecule has 2 rings (SSSR count). The van der Waals surface area contributed by atoms with Crippen LogP contribution in [-0.2, 0) is 36.0 Å². The van der Waals surface area contributed by atoms with Crippen LogP contribution < -0.4 is 15.8 Å². The zero-order chi connectivity index (χ0) is 21.7. The Morgan fingerprint density at radius 1 is 0.862 bits per heavy atom.